The molecule has 6 heteroatoms. The summed E-state index contributed by atoms with van der Waals surface area (Å²) in [6, 6.07) is 13.9. The zero-order valence-electron chi connectivity index (χ0n) is 14.0. The van der Waals surface area contributed by atoms with E-state index in [1.54, 1.807) is 6.92 Å². The van der Waals surface area contributed by atoms with Gasteiger partial charge in [0, 0.05) is 12.6 Å². The lowest BCUT2D eigenvalue weighted by Crippen LogP contribution is -2.31. The van der Waals surface area contributed by atoms with Crippen LogP contribution in [-0.2, 0) is 22.3 Å². The molecule has 0 aromatic heterocycles. The van der Waals surface area contributed by atoms with Gasteiger partial charge in [0.05, 0.1) is 18.6 Å². The summed E-state index contributed by atoms with van der Waals surface area (Å²) in [6.07, 6.45) is -4.39. The Morgan fingerprint density at radius 1 is 1.08 bits per heavy atom. The molecule has 0 aliphatic heterocycles. The van der Waals surface area contributed by atoms with Crippen molar-refractivity contribution in [2.24, 2.45) is 5.92 Å². The third-order valence-corrected chi connectivity index (χ3v) is 4.04. The lowest BCUT2D eigenvalue weighted by atomic mass is 9.93. The first-order valence-electron chi connectivity index (χ1n) is 7.85. The van der Waals surface area contributed by atoms with E-state index in [-0.39, 0.29) is 0 Å². The molecule has 25 heavy (non-hydrogen) atoms. The number of rotatable bonds is 6. The van der Waals surface area contributed by atoms with E-state index in [9.17, 15) is 18.0 Å². The highest BCUT2D eigenvalue weighted by Gasteiger charge is 2.31. The summed E-state index contributed by atoms with van der Waals surface area (Å²) in [5.41, 5.74) is 0.891. The van der Waals surface area contributed by atoms with Gasteiger partial charge < -0.3 is 10.1 Å². The van der Waals surface area contributed by atoms with Gasteiger partial charge in [-0.3, -0.25) is 4.79 Å². The highest BCUT2D eigenvalue weighted by Crippen LogP contribution is 2.31. The second-order valence-electron chi connectivity index (χ2n) is 5.78. The van der Waals surface area contributed by atoms with Crippen LogP contribution in [0.3, 0.4) is 0 Å². The van der Waals surface area contributed by atoms with Crippen molar-refractivity contribution in [1.82, 2.24) is 5.32 Å². The summed E-state index contributed by atoms with van der Waals surface area (Å²) in [5, 5.41) is 3.24. The van der Waals surface area contributed by atoms with Gasteiger partial charge in [0.25, 0.3) is 0 Å². The number of ether oxygens (including phenoxy) is 1. The molecule has 0 amide bonds. The molecule has 134 valence electrons. The lowest BCUT2D eigenvalue weighted by molar-refractivity contribution is -0.146. The summed E-state index contributed by atoms with van der Waals surface area (Å²) in [5.74, 6) is -0.976. The van der Waals surface area contributed by atoms with E-state index in [0.717, 1.165) is 17.7 Å². The maximum Gasteiger partial charge on any atom is 0.416 e. The molecule has 2 rings (SSSR count). The first-order chi connectivity index (χ1) is 11.8. The van der Waals surface area contributed by atoms with Crippen LogP contribution in [0.5, 0.6) is 0 Å². The van der Waals surface area contributed by atoms with Crippen LogP contribution in [0, 0.1) is 5.92 Å². The first kappa shape index (κ1) is 19.0. The fourth-order valence-corrected chi connectivity index (χ4v) is 2.61. The number of halogens is 3. The maximum atomic E-state index is 12.7. The van der Waals surface area contributed by atoms with E-state index < -0.39 is 29.7 Å². The summed E-state index contributed by atoms with van der Waals surface area (Å²) >= 11 is 0. The number of nitrogens with one attached hydrogen (secondary N) is 1. The van der Waals surface area contributed by atoms with Crippen molar-refractivity contribution in [2.75, 3.05) is 7.11 Å². The SMILES string of the molecule is COC(=O)C(C)C(NCc1ccccc1)c1ccc(C(F)(F)F)cc1. The molecule has 2 atom stereocenters. The van der Waals surface area contributed by atoms with Gasteiger partial charge in [-0.1, -0.05) is 49.4 Å². The fraction of sp³-hybridized carbons (Fsp3) is 0.316. The van der Waals surface area contributed by atoms with E-state index in [2.05, 4.69) is 5.32 Å². The minimum Gasteiger partial charge on any atom is -0.469 e. The predicted molar refractivity (Wildman–Crippen MR) is 88.6 cm³/mol. The van der Waals surface area contributed by atoms with Gasteiger partial charge in [-0.15, -0.1) is 0 Å². The van der Waals surface area contributed by atoms with Gasteiger partial charge in [0.15, 0.2) is 0 Å². The van der Waals surface area contributed by atoms with E-state index in [1.807, 2.05) is 30.3 Å². The predicted octanol–water partition coefficient (Wildman–Crippen LogP) is 4.35. The van der Waals surface area contributed by atoms with Crippen molar-refractivity contribution in [1.29, 1.82) is 0 Å². The maximum absolute atomic E-state index is 12.7. The quantitative estimate of drug-likeness (QED) is 0.787. The highest BCUT2D eigenvalue weighted by atomic mass is 19.4. The molecule has 3 nitrogen and oxygen atoms in total. The van der Waals surface area contributed by atoms with Crippen molar-refractivity contribution >= 4 is 5.97 Å². The molecule has 2 aromatic rings. The molecular weight excluding hydrogens is 331 g/mol. The van der Waals surface area contributed by atoms with E-state index in [4.69, 9.17) is 4.74 Å². The second-order valence-corrected chi connectivity index (χ2v) is 5.78. The van der Waals surface area contributed by atoms with Crippen LogP contribution in [0.25, 0.3) is 0 Å². The van der Waals surface area contributed by atoms with E-state index in [0.29, 0.717) is 12.1 Å². The van der Waals surface area contributed by atoms with Gasteiger partial charge in [0.2, 0.25) is 0 Å². The van der Waals surface area contributed by atoms with Crippen LogP contribution in [-0.4, -0.2) is 13.1 Å². The Kier molecular flexibility index (Phi) is 6.20. The standard InChI is InChI=1S/C19H20F3NO2/c1-13(18(24)25-2)17(23-12-14-6-4-3-5-7-14)15-8-10-16(11-9-15)19(20,21)22/h3-11,13,17,23H,12H2,1-2H3. The minimum atomic E-state index is -4.39. The Morgan fingerprint density at radius 3 is 2.20 bits per heavy atom. The number of alkyl halides is 3. The number of hydrogen-bond donors (Lipinski definition) is 1. The van der Waals surface area contributed by atoms with E-state index in [1.165, 1.54) is 19.2 Å². The molecule has 0 bridgehead atoms. The Labute approximate surface area is 144 Å². The number of esters is 1. The molecule has 0 saturated heterocycles. The Morgan fingerprint density at radius 2 is 1.68 bits per heavy atom. The van der Waals surface area contributed by atoms with Crippen molar-refractivity contribution < 1.29 is 22.7 Å². The normalized spacial score (nSPS) is 14.0. The van der Waals surface area contributed by atoms with Crippen LogP contribution in [0.2, 0.25) is 0 Å². The van der Waals surface area contributed by atoms with Gasteiger partial charge in [-0.2, -0.15) is 13.2 Å². The average molecular weight is 351 g/mol. The van der Waals surface area contributed by atoms with Crippen molar-refractivity contribution in [3.63, 3.8) is 0 Å². The van der Waals surface area contributed by atoms with Crippen LogP contribution in [0.1, 0.15) is 29.7 Å². The van der Waals surface area contributed by atoms with Crippen LogP contribution in [0.4, 0.5) is 13.2 Å². The first-order valence-corrected chi connectivity index (χ1v) is 7.85. The highest BCUT2D eigenvalue weighted by molar-refractivity contribution is 5.73. The number of benzene rings is 2. The molecule has 1 N–H and O–H groups in total. The van der Waals surface area contributed by atoms with Crippen LogP contribution < -0.4 is 5.32 Å². The number of hydrogen-bond acceptors (Lipinski definition) is 3. The molecule has 0 aliphatic carbocycles. The Bertz CT molecular complexity index is 684. The number of carbonyl (C=O) groups excluding carboxylic acids is 1. The van der Waals surface area contributed by atoms with Crippen molar-refractivity contribution in [3.8, 4) is 0 Å². The van der Waals surface area contributed by atoms with Crippen molar-refractivity contribution in [2.45, 2.75) is 25.7 Å². The Hall–Kier alpha value is -2.34. The molecule has 2 aromatic carbocycles. The number of methoxy groups -OCH3 is 1. The molecule has 0 saturated carbocycles. The van der Waals surface area contributed by atoms with Crippen LogP contribution >= 0.6 is 0 Å². The summed E-state index contributed by atoms with van der Waals surface area (Å²) in [7, 11) is 1.29. The van der Waals surface area contributed by atoms with E-state index >= 15 is 0 Å². The van der Waals surface area contributed by atoms with Gasteiger partial charge in [0.1, 0.15) is 0 Å². The largest absolute Gasteiger partial charge is 0.469 e. The third kappa shape index (κ3) is 5.06. The molecule has 0 heterocycles. The van der Waals surface area contributed by atoms with Gasteiger partial charge in [-0.25, -0.2) is 0 Å². The molecule has 2 unspecified atom stereocenters. The molecule has 0 aliphatic rings. The minimum absolute atomic E-state index is 0.426. The molecule has 0 fully saturated rings. The summed E-state index contributed by atoms with van der Waals surface area (Å²) in [4.78, 5) is 11.9. The average Bonchev–Trinajstić information content (AvgIpc) is 2.61. The molecule has 0 spiro atoms. The fourth-order valence-electron chi connectivity index (χ4n) is 2.61. The Balaban J connectivity index is 2.23. The van der Waals surface area contributed by atoms with Gasteiger partial charge in [-0.05, 0) is 23.3 Å². The summed E-state index contributed by atoms with van der Waals surface area (Å²) in [6.45, 7) is 2.17. The third-order valence-electron chi connectivity index (χ3n) is 4.04. The smallest absolute Gasteiger partial charge is 0.416 e. The monoisotopic (exact) mass is 351 g/mol. The zero-order chi connectivity index (χ0) is 18.4. The zero-order valence-corrected chi connectivity index (χ0v) is 14.0. The number of carbonyl (C=O) groups is 1. The topological polar surface area (TPSA) is 38.3 Å². The lowest BCUT2D eigenvalue weighted by Gasteiger charge is -2.24. The molecule has 0 radical (unpaired) electrons. The molecular formula is C19H20F3NO2. The van der Waals surface area contributed by atoms with Crippen LogP contribution in [0.15, 0.2) is 54.6 Å². The van der Waals surface area contributed by atoms with Gasteiger partial charge >= 0.3 is 12.1 Å². The van der Waals surface area contributed by atoms with Crippen molar-refractivity contribution in [3.05, 3.63) is 71.3 Å². The summed E-state index contributed by atoms with van der Waals surface area (Å²) < 4.78 is 43.0. The second kappa shape index (κ2) is 8.16.